The second kappa shape index (κ2) is 9.20. The predicted octanol–water partition coefficient (Wildman–Crippen LogP) is 5.67. The molecule has 0 saturated carbocycles. The first-order valence-electron chi connectivity index (χ1n) is 10.8. The predicted molar refractivity (Wildman–Crippen MR) is 134 cm³/mol. The molecule has 1 N–H and O–H groups in total. The molecule has 1 amide bonds. The Morgan fingerprint density at radius 2 is 1.67 bits per heavy atom. The fraction of sp³-hybridized carbons (Fsp3) is 0.222. The largest absolute Gasteiger partial charge is 0.326 e. The van der Waals surface area contributed by atoms with E-state index in [1.807, 2.05) is 75.4 Å². The van der Waals surface area contributed by atoms with E-state index < -0.39 is 5.41 Å². The smallest absolute Gasteiger partial charge is 0.261 e. The van der Waals surface area contributed by atoms with Gasteiger partial charge in [-0.15, -0.1) is 0 Å². The van der Waals surface area contributed by atoms with Gasteiger partial charge in [-0.05, 0) is 41.5 Å². The molecule has 3 aromatic carbocycles. The van der Waals surface area contributed by atoms with Crippen LogP contribution in [0.3, 0.4) is 0 Å². The highest BCUT2D eigenvalue weighted by atomic mass is 35.5. The van der Waals surface area contributed by atoms with E-state index in [2.05, 4.69) is 5.32 Å². The van der Waals surface area contributed by atoms with Gasteiger partial charge in [-0.1, -0.05) is 74.8 Å². The lowest BCUT2D eigenvalue weighted by atomic mass is 9.95. The monoisotopic (exact) mass is 459 g/mol. The zero-order valence-corrected chi connectivity index (χ0v) is 19.7. The molecule has 168 valence electrons. The number of rotatable bonds is 5. The summed E-state index contributed by atoms with van der Waals surface area (Å²) in [6, 6.07) is 22.7. The average Bonchev–Trinajstić information content (AvgIpc) is 2.78. The average molecular weight is 460 g/mol. The maximum Gasteiger partial charge on any atom is 0.261 e. The molecule has 4 rings (SSSR count). The van der Waals surface area contributed by atoms with E-state index in [4.69, 9.17) is 16.6 Å². The van der Waals surface area contributed by atoms with Crippen molar-refractivity contribution >= 4 is 34.1 Å². The third-order valence-electron chi connectivity index (χ3n) is 5.43. The van der Waals surface area contributed by atoms with Crippen molar-refractivity contribution in [3.05, 3.63) is 105 Å². The van der Waals surface area contributed by atoms with Crippen molar-refractivity contribution in [2.45, 2.75) is 33.7 Å². The van der Waals surface area contributed by atoms with Crippen LogP contribution in [0.25, 0.3) is 10.9 Å². The number of hydrogen-bond acceptors (Lipinski definition) is 3. The molecule has 0 radical (unpaired) electrons. The Morgan fingerprint density at radius 3 is 2.33 bits per heavy atom. The van der Waals surface area contributed by atoms with E-state index in [1.54, 1.807) is 22.8 Å². The molecule has 1 heterocycles. The minimum absolute atomic E-state index is 0.114. The molecule has 0 atom stereocenters. The number of nitrogens with zero attached hydrogens (tertiary/aromatic N) is 2. The van der Waals surface area contributed by atoms with Crippen molar-refractivity contribution in [3.63, 3.8) is 0 Å². The minimum atomic E-state index is -0.540. The Kier molecular flexibility index (Phi) is 6.34. The summed E-state index contributed by atoms with van der Waals surface area (Å²) in [6.07, 6.45) is 0.530. The van der Waals surface area contributed by atoms with E-state index in [0.717, 1.165) is 11.1 Å². The summed E-state index contributed by atoms with van der Waals surface area (Å²) in [6.45, 7) is 5.92. The van der Waals surface area contributed by atoms with Gasteiger partial charge in [-0.2, -0.15) is 0 Å². The number of carbonyl (C=O) groups is 1. The lowest BCUT2D eigenvalue weighted by molar-refractivity contribution is -0.123. The maximum atomic E-state index is 13.6. The van der Waals surface area contributed by atoms with Crippen molar-refractivity contribution < 1.29 is 4.79 Å². The quantitative estimate of drug-likeness (QED) is 0.418. The third kappa shape index (κ3) is 5.32. The van der Waals surface area contributed by atoms with Crippen LogP contribution in [0.5, 0.6) is 0 Å². The first kappa shape index (κ1) is 22.7. The van der Waals surface area contributed by atoms with Gasteiger partial charge in [-0.25, -0.2) is 4.98 Å². The number of benzene rings is 3. The van der Waals surface area contributed by atoms with Crippen molar-refractivity contribution in [1.29, 1.82) is 0 Å². The third-order valence-corrected chi connectivity index (χ3v) is 5.68. The van der Waals surface area contributed by atoms with Crippen LogP contribution in [-0.2, 0) is 17.8 Å². The van der Waals surface area contributed by atoms with Gasteiger partial charge in [-0.3, -0.25) is 14.2 Å². The highest BCUT2D eigenvalue weighted by Crippen LogP contribution is 2.21. The van der Waals surface area contributed by atoms with Gasteiger partial charge in [0.25, 0.3) is 5.56 Å². The SMILES string of the molecule is CC(C)(C)C(=O)Nc1ccc2nc(Cc3ccccc3)n(Cc3ccc(Cl)cc3)c(=O)c2c1. The standard InChI is InChI=1S/C27H26ClN3O2/c1-27(2,3)26(33)29-21-13-14-23-22(16-21)25(32)31(17-19-9-11-20(28)12-10-19)24(30-23)15-18-7-5-4-6-8-18/h4-14,16H,15,17H2,1-3H3,(H,29,33). The molecule has 0 unspecified atom stereocenters. The molecule has 0 fully saturated rings. The van der Waals surface area contributed by atoms with Gasteiger partial charge in [0, 0.05) is 22.5 Å². The number of fused-ring (bicyclic) bond motifs is 1. The number of halogens is 1. The van der Waals surface area contributed by atoms with Crippen molar-refractivity contribution in [3.8, 4) is 0 Å². The zero-order chi connectivity index (χ0) is 23.6. The second-order valence-electron chi connectivity index (χ2n) is 9.14. The van der Waals surface area contributed by atoms with E-state index >= 15 is 0 Å². The molecular formula is C27H26ClN3O2. The molecule has 5 nitrogen and oxygen atoms in total. The van der Waals surface area contributed by atoms with Gasteiger partial charge >= 0.3 is 0 Å². The Bertz CT molecular complexity index is 1350. The van der Waals surface area contributed by atoms with Crippen LogP contribution in [0.2, 0.25) is 5.02 Å². The van der Waals surface area contributed by atoms with Crippen molar-refractivity contribution in [2.75, 3.05) is 5.32 Å². The van der Waals surface area contributed by atoms with Crippen molar-refractivity contribution in [1.82, 2.24) is 9.55 Å². The summed E-state index contributed by atoms with van der Waals surface area (Å²) >= 11 is 6.04. The Morgan fingerprint density at radius 1 is 0.970 bits per heavy atom. The molecule has 6 heteroatoms. The van der Waals surface area contributed by atoms with Crippen LogP contribution in [0.4, 0.5) is 5.69 Å². The van der Waals surface area contributed by atoms with Crippen LogP contribution < -0.4 is 10.9 Å². The minimum Gasteiger partial charge on any atom is -0.326 e. The maximum absolute atomic E-state index is 13.6. The molecule has 0 saturated heterocycles. The molecule has 0 spiro atoms. The molecule has 0 bridgehead atoms. The number of anilines is 1. The fourth-order valence-electron chi connectivity index (χ4n) is 3.51. The molecular weight excluding hydrogens is 434 g/mol. The van der Waals surface area contributed by atoms with Crippen LogP contribution in [-0.4, -0.2) is 15.5 Å². The van der Waals surface area contributed by atoms with E-state index in [-0.39, 0.29) is 11.5 Å². The Balaban J connectivity index is 1.81. The molecule has 0 aliphatic rings. The second-order valence-corrected chi connectivity index (χ2v) is 9.58. The van der Waals surface area contributed by atoms with Crippen LogP contribution in [0, 0.1) is 5.41 Å². The summed E-state index contributed by atoms with van der Waals surface area (Å²) in [5.74, 6) is 0.567. The van der Waals surface area contributed by atoms with Gasteiger partial charge in [0.2, 0.25) is 5.91 Å². The van der Waals surface area contributed by atoms with Gasteiger partial charge in [0.1, 0.15) is 5.82 Å². The highest BCUT2D eigenvalue weighted by molar-refractivity contribution is 6.30. The van der Waals surface area contributed by atoms with Crippen molar-refractivity contribution in [2.24, 2.45) is 5.41 Å². The van der Waals surface area contributed by atoms with E-state index in [9.17, 15) is 9.59 Å². The van der Waals surface area contributed by atoms with Gasteiger partial charge in [0.15, 0.2) is 0 Å². The number of aromatic nitrogens is 2. The topological polar surface area (TPSA) is 64.0 Å². The highest BCUT2D eigenvalue weighted by Gasteiger charge is 2.21. The lowest BCUT2D eigenvalue weighted by Crippen LogP contribution is -2.28. The Labute approximate surface area is 198 Å². The van der Waals surface area contributed by atoms with Gasteiger partial charge in [0.05, 0.1) is 17.4 Å². The summed E-state index contributed by atoms with van der Waals surface area (Å²) in [7, 11) is 0. The molecule has 4 aromatic rings. The Hall–Kier alpha value is -3.44. The first-order chi connectivity index (χ1) is 15.7. The lowest BCUT2D eigenvalue weighted by Gasteiger charge is -2.18. The summed E-state index contributed by atoms with van der Waals surface area (Å²) in [5, 5.41) is 4.01. The van der Waals surface area contributed by atoms with Crippen LogP contribution in [0.15, 0.2) is 77.6 Å². The van der Waals surface area contributed by atoms with E-state index in [0.29, 0.717) is 40.4 Å². The first-order valence-corrected chi connectivity index (χ1v) is 11.2. The van der Waals surface area contributed by atoms with Crippen LogP contribution in [0.1, 0.15) is 37.7 Å². The molecule has 0 aliphatic heterocycles. The zero-order valence-electron chi connectivity index (χ0n) is 18.9. The molecule has 33 heavy (non-hydrogen) atoms. The molecule has 0 aliphatic carbocycles. The fourth-order valence-corrected chi connectivity index (χ4v) is 3.64. The number of nitrogens with one attached hydrogen (secondary N) is 1. The normalized spacial score (nSPS) is 11.5. The number of carbonyl (C=O) groups excluding carboxylic acids is 1. The number of hydrogen-bond donors (Lipinski definition) is 1. The summed E-state index contributed by atoms with van der Waals surface area (Å²) < 4.78 is 1.70. The van der Waals surface area contributed by atoms with Gasteiger partial charge < -0.3 is 5.32 Å². The number of amides is 1. The summed E-state index contributed by atoms with van der Waals surface area (Å²) in [4.78, 5) is 30.9. The summed E-state index contributed by atoms with van der Waals surface area (Å²) in [5.41, 5.74) is 2.52. The van der Waals surface area contributed by atoms with Crippen LogP contribution >= 0.6 is 11.6 Å². The van der Waals surface area contributed by atoms with E-state index in [1.165, 1.54) is 0 Å². The molecule has 1 aromatic heterocycles.